The van der Waals surface area contributed by atoms with Crippen LogP contribution in [0.2, 0.25) is 0 Å². The van der Waals surface area contributed by atoms with E-state index in [0.29, 0.717) is 30.9 Å². The fourth-order valence-electron chi connectivity index (χ4n) is 3.66. The Morgan fingerprint density at radius 1 is 0.878 bits per heavy atom. The zero-order valence-corrected chi connectivity index (χ0v) is 25.2. The quantitative estimate of drug-likeness (QED) is 0.298. The Labute approximate surface area is 244 Å². The van der Waals surface area contributed by atoms with Gasteiger partial charge in [0.15, 0.2) is 0 Å². The minimum Gasteiger partial charge on any atom is -0.463 e. The van der Waals surface area contributed by atoms with Crippen molar-refractivity contribution in [3.05, 3.63) is 65.7 Å². The molecule has 0 aliphatic carbocycles. The monoisotopic (exact) mass is 567 g/mol. The second-order valence-electron chi connectivity index (χ2n) is 11.6. The first kappa shape index (κ1) is 33.3. The van der Waals surface area contributed by atoms with Crippen molar-refractivity contribution in [2.24, 2.45) is 11.3 Å². The Bertz CT molecular complexity index is 1130. The van der Waals surface area contributed by atoms with Crippen molar-refractivity contribution >= 4 is 29.6 Å². The van der Waals surface area contributed by atoms with Gasteiger partial charge in [-0.25, -0.2) is 4.79 Å². The Hall–Kier alpha value is -3.88. The number of nitrogens with zero attached hydrogens (tertiary/aromatic N) is 1. The molecule has 41 heavy (non-hydrogen) atoms. The first-order chi connectivity index (χ1) is 19.3. The number of hydrogen-bond donors (Lipinski definition) is 2. The lowest BCUT2D eigenvalue weighted by Gasteiger charge is -2.20. The highest BCUT2D eigenvalue weighted by molar-refractivity contribution is 5.97. The third-order valence-corrected chi connectivity index (χ3v) is 6.33. The maximum absolute atomic E-state index is 13.1. The molecule has 0 radical (unpaired) electrons. The molecule has 9 heteroatoms. The van der Waals surface area contributed by atoms with Gasteiger partial charge in [-0.2, -0.15) is 0 Å². The summed E-state index contributed by atoms with van der Waals surface area (Å²) >= 11 is 0. The predicted octanol–water partition coefficient (Wildman–Crippen LogP) is 5.34. The van der Waals surface area contributed by atoms with Crippen LogP contribution < -0.4 is 10.6 Å². The molecule has 2 aromatic rings. The van der Waals surface area contributed by atoms with Crippen molar-refractivity contribution < 1.29 is 28.7 Å². The van der Waals surface area contributed by atoms with Crippen molar-refractivity contribution in [3.63, 3.8) is 0 Å². The van der Waals surface area contributed by atoms with Gasteiger partial charge in [-0.1, -0.05) is 56.3 Å². The van der Waals surface area contributed by atoms with E-state index < -0.39 is 17.6 Å². The second kappa shape index (κ2) is 16.4. The number of aryl methyl sites for hydroxylation is 1. The number of anilines is 1. The maximum Gasteiger partial charge on any atom is 0.409 e. The van der Waals surface area contributed by atoms with E-state index in [-0.39, 0.29) is 37.5 Å². The van der Waals surface area contributed by atoms with Crippen molar-refractivity contribution in [3.8, 4) is 0 Å². The summed E-state index contributed by atoms with van der Waals surface area (Å²) in [5.41, 5.74) is 1.81. The summed E-state index contributed by atoms with van der Waals surface area (Å²) in [7, 11) is 1.57. The SMILES string of the molecule is CC(C)CCC(=O)N[C@@H](CCc1ccccc1)C(=O)Nc1ccc(COC(=O)N(C)CCOC(=O)C(C)(C)C)cc1. The number of carbonyl (C=O) groups is 4. The molecule has 0 spiro atoms. The van der Waals surface area contributed by atoms with Crippen LogP contribution >= 0.6 is 0 Å². The molecule has 2 aromatic carbocycles. The Balaban J connectivity index is 1.88. The number of ether oxygens (including phenoxy) is 2. The molecule has 0 aliphatic rings. The van der Waals surface area contributed by atoms with Crippen LogP contribution in [0.15, 0.2) is 54.6 Å². The van der Waals surface area contributed by atoms with Crippen molar-refractivity contribution in [2.45, 2.75) is 73.0 Å². The van der Waals surface area contributed by atoms with E-state index in [9.17, 15) is 19.2 Å². The number of likely N-dealkylation sites (N-methyl/N-ethyl adjacent to an activating group) is 1. The predicted molar refractivity (Wildman–Crippen MR) is 159 cm³/mol. The summed E-state index contributed by atoms with van der Waals surface area (Å²) in [6, 6.07) is 16.1. The van der Waals surface area contributed by atoms with Gasteiger partial charge in [-0.3, -0.25) is 14.4 Å². The van der Waals surface area contributed by atoms with E-state index in [1.165, 1.54) is 4.90 Å². The molecular formula is C32H45N3O6. The number of amides is 3. The lowest BCUT2D eigenvalue weighted by molar-refractivity contribution is -0.153. The lowest BCUT2D eigenvalue weighted by atomic mass is 9.97. The van der Waals surface area contributed by atoms with Gasteiger partial charge in [0, 0.05) is 19.2 Å². The normalized spacial score (nSPS) is 11.9. The van der Waals surface area contributed by atoms with Gasteiger partial charge in [0.1, 0.15) is 19.3 Å². The molecule has 2 rings (SSSR count). The average molecular weight is 568 g/mol. The van der Waals surface area contributed by atoms with Crippen LogP contribution in [0.4, 0.5) is 10.5 Å². The van der Waals surface area contributed by atoms with Gasteiger partial charge in [0.05, 0.1) is 12.0 Å². The minimum atomic E-state index is -0.672. The fourth-order valence-corrected chi connectivity index (χ4v) is 3.66. The van der Waals surface area contributed by atoms with Gasteiger partial charge < -0.3 is 25.0 Å². The molecule has 1 atom stereocenters. The summed E-state index contributed by atoms with van der Waals surface area (Å²) in [6.07, 6.45) is 1.72. The van der Waals surface area contributed by atoms with Gasteiger partial charge in [0.25, 0.3) is 0 Å². The lowest BCUT2D eigenvalue weighted by Crippen LogP contribution is -2.44. The number of benzene rings is 2. The molecule has 0 unspecified atom stereocenters. The number of hydrogen-bond acceptors (Lipinski definition) is 6. The fraction of sp³-hybridized carbons (Fsp3) is 0.500. The molecule has 0 saturated carbocycles. The topological polar surface area (TPSA) is 114 Å². The molecule has 0 aromatic heterocycles. The second-order valence-corrected chi connectivity index (χ2v) is 11.6. The van der Waals surface area contributed by atoms with Gasteiger partial charge in [0.2, 0.25) is 11.8 Å². The highest BCUT2D eigenvalue weighted by Crippen LogP contribution is 2.16. The average Bonchev–Trinajstić information content (AvgIpc) is 2.93. The van der Waals surface area contributed by atoms with Crippen LogP contribution in [-0.4, -0.2) is 55.0 Å². The minimum absolute atomic E-state index is 0.0464. The first-order valence-electron chi connectivity index (χ1n) is 14.1. The zero-order chi connectivity index (χ0) is 30.4. The van der Waals surface area contributed by atoms with Gasteiger partial charge >= 0.3 is 12.1 Å². The number of rotatable bonds is 14. The molecule has 9 nitrogen and oxygen atoms in total. The molecule has 0 fully saturated rings. The number of nitrogens with one attached hydrogen (secondary N) is 2. The van der Waals surface area contributed by atoms with Crippen LogP contribution in [0.5, 0.6) is 0 Å². The number of carbonyl (C=O) groups excluding carboxylic acids is 4. The van der Waals surface area contributed by atoms with Crippen molar-refractivity contribution in [2.75, 3.05) is 25.5 Å². The van der Waals surface area contributed by atoms with Crippen LogP contribution in [0.25, 0.3) is 0 Å². The third-order valence-electron chi connectivity index (χ3n) is 6.33. The Morgan fingerprint density at radius 2 is 1.54 bits per heavy atom. The van der Waals surface area contributed by atoms with Crippen molar-refractivity contribution in [1.82, 2.24) is 10.2 Å². The van der Waals surface area contributed by atoms with Crippen LogP contribution in [-0.2, 0) is 36.9 Å². The highest BCUT2D eigenvalue weighted by Gasteiger charge is 2.23. The van der Waals surface area contributed by atoms with Gasteiger partial charge in [-0.15, -0.1) is 0 Å². The summed E-state index contributed by atoms with van der Waals surface area (Å²) in [5.74, 6) is -0.357. The summed E-state index contributed by atoms with van der Waals surface area (Å²) < 4.78 is 10.5. The number of esters is 1. The Kier molecular flexibility index (Phi) is 13.3. The van der Waals surface area contributed by atoms with Crippen LogP contribution in [0, 0.1) is 11.3 Å². The first-order valence-corrected chi connectivity index (χ1v) is 14.1. The highest BCUT2D eigenvalue weighted by atomic mass is 16.6. The largest absolute Gasteiger partial charge is 0.463 e. The summed E-state index contributed by atoms with van der Waals surface area (Å²) in [5, 5.41) is 5.80. The molecule has 0 aliphatic heterocycles. The van der Waals surface area contributed by atoms with Crippen LogP contribution in [0.1, 0.15) is 65.0 Å². The van der Waals surface area contributed by atoms with E-state index in [1.54, 1.807) is 52.1 Å². The molecular weight excluding hydrogens is 522 g/mol. The van der Waals surface area contributed by atoms with Crippen LogP contribution in [0.3, 0.4) is 0 Å². The summed E-state index contributed by atoms with van der Waals surface area (Å²) in [4.78, 5) is 51.1. The molecule has 224 valence electrons. The summed E-state index contributed by atoms with van der Waals surface area (Å²) in [6.45, 7) is 9.76. The zero-order valence-electron chi connectivity index (χ0n) is 25.2. The van der Waals surface area contributed by atoms with Gasteiger partial charge in [-0.05, 0) is 69.2 Å². The van der Waals surface area contributed by atoms with E-state index in [1.807, 2.05) is 30.3 Å². The van der Waals surface area contributed by atoms with Crippen molar-refractivity contribution in [1.29, 1.82) is 0 Å². The van der Waals surface area contributed by atoms with E-state index in [2.05, 4.69) is 24.5 Å². The molecule has 2 N–H and O–H groups in total. The Morgan fingerprint density at radius 3 is 2.15 bits per heavy atom. The smallest absolute Gasteiger partial charge is 0.409 e. The standard InChI is InChI=1S/C32H45N3O6/c1-23(2)12-19-28(36)34-27(18-15-24-10-8-7-9-11-24)29(37)33-26-16-13-25(14-17-26)22-41-31(39)35(6)20-21-40-30(38)32(3,4)5/h7-11,13-14,16-17,23,27H,12,15,18-22H2,1-6H3,(H,33,37)(H,34,36)/t27-/m0/s1. The van der Waals surface area contributed by atoms with E-state index in [0.717, 1.165) is 17.5 Å². The molecule has 3 amide bonds. The molecule has 0 bridgehead atoms. The van der Waals surface area contributed by atoms with E-state index in [4.69, 9.17) is 9.47 Å². The third kappa shape index (κ3) is 12.9. The molecule has 0 saturated heterocycles. The van der Waals surface area contributed by atoms with E-state index >= 15 is 0 Å². The maximum atomic E-state index is 13.1. The molecule has 0 heterocycles.